The molecular formula is C13H16N2OS. The van der Waals surface area contributed by atoms with Gasteiger partial charge in [-0.3, -0.25) is 4.79 Å². The zero-order valence-electron chi connectivity index (χ0n) is 9.95. The number of hydrogen-bond donors (Lipinski definition) is 1. The minimum absolute atomic E-state index is 0.00417. The van der Waals surface area contributed by atoms with Gasteiger partial charge in [0.15, 0.2) is 0 Å². The number of thiophene rings is 1. The summed E-state index contributed by atoms with van der Waals surface area (Å²) in [6, 6.07) is 2.13. The maximum Gasteiger partial charge on any atom is 0.268 e. The van der Waals surface area contributed by atoms with Crippen LogP contribution in [0.2, 0.25) is 0 Å². The first-order valence-electron chi connectivity index (χ1n) is 6.23. The van der Waals surface area contributed by atoms with Crippen LogP contribution in [0.4, 0.5) is 0 Å². The zero-order valence-corrected chi connectivity index (χ0v) is 10.8. The van der Waals surface area contributed by atoms with E-state index in [4.69, 9.17) is 0 Å². The molecule has 1 aliphatic carbocycles. The summed E-state index contributed by atoms with van der Waals surface area (Å²) < 4.78 is 0.780. The standard InChI is InChI=1S/C13H16N2OS/c1-2-13(5-3-4-6-13)10-7-9-11(17-10)12(16)15-8-14-9/h7-8H,2-6H2,1H3,(H,14,15,16). The second-order valence-corrected chi connectivity index (χ2v) is 5.95. The fourth-order valence-electron chi connectivity index (χ4n) is 2.95. The fourth-order valence-corrected chi connectivity index (χ4v) is 4.28. The van der Waals surface area contributed by atoms with E-state index in [0.717, 1.165) is 16.6 Å². The molecular weight excluding hydrogens is 232 g/mol. The lowest BCUT2D eigenvalue weighted by Gasteiger charge is -2.25. The molecule has 0 aliphatic heterocycles. The Morgan fingerprint density at radius 3 is 2.88 bits per heavy atom. The van der Waals surface area contributed by atoms with Gasteiger partial charge in [-0.15, -0.1) is 11.3 Å². The molecule has 0 spiro atoms. The third-order valence-corrected chi connectivity index (χ3v) is 5.45. The van der Waals surface area contributed by atoms with Gasteiger partial charge in [0.1, 0.15) is 4.70 Å². The molecule has 2 aromatic heterocycles. The highest BCUT2D eigenvalue weighted by Gasteiger charge is 2.35. The molecule has 0 saturated heterocycles. The lowest BCUT2D eigenvalue weighted by atomic mass is 9.82. The van der Waals surface area contributed by atoms with E-state index in [2.05, 4.69) is 23.0 Å². The van der Waals surface area contributed by atoms with Crippen LogP contribution < -0.4 is 5.56 Å². The number of rotatable bonds is 2. The molecule has 0 bridgehead atoms. The largest absolute Gasteiger partial charge is 0.312 e. The smallest absolute Gasteiger partial charge is 0.268 e. The van der Waals surface area contributed by atoms with Crippen molar-refractivity contribution in [1.82, 2.24) is 9.97 Å². The maximum absolute atomic E-state index is 11.7. The SMILES string of the molecule is CCC1(c2cc3nc[nH]c(=O)c3s2)CCCC1. The van der Waals surface area contributed by atoms with Gasteiger partial charge in [-0.25, -0.2) is 4.98 Å². The van der Waals surface area contributed by atoms with Crippen LogP contribution in [0.1, 0.15) is 43.9 Å². The molecule has 1 N–H and O–H groups in total. The highest BCUT2D eigenvalue weighted by molar-refractivity contribution is 7.19. The van der Waals surface area contributed by atoms with Gasteiger partial charge in [-0.1, -0.05) is 19.8 Å². The highest BCUT2D eigenvalue weighted by atomic mass is 32.1. The number of aromatic amines is 1. The monoisotopic (exact) mass is 248 g/mol. The van der Waals surface area contributed by atoms with Crippen molar-refractivity contribution in [3.8, 4) is 0 Å². The Balaban J connectivity index is 2.18. The molecule has 0 radical (unpaired) electrons. The second kappa shape index (κ2) is 3.95. The predicted molar refractivity (Wildman–Crippen MR) is 70.7 cm³/mol. The van der Waals surface area contributed by atoms with Gasteiger partial charge in [0, 0.05) is 10.3 Å². The Morgan fingerprint density at radius 2 is 2.24 bits per heavy atom. The summed E-state index contributed by atoms with van der Waals surface area (Å²) in [5.74, 6) is 0. The van der Waals surface area contributed by atoms with Crippen LogP contribution in [0.5, 0.6) is 0 Å². The Labute approximate surface area is 104 Å². The average molecular weight is 248 g/mol. The van der Waals surface area contributed by atoms with Crippen molar-refractivity contribution in [3.63, 3.8) is 0 Å². The highest BCUT2D eigenvalue weighted by Crippen LogP contribution is 2.46. The Morgan fingerprint density at radius 1 is 1.47 bits per heavy atom. The molecule has 1 saturated carbocycles. The molecule has 4 heteroatoms. The quantitative estimate of drug-likeness (QED) is 0.887. The first kappa shape index (κ1) is 11.0. The number of H-pyrrole nitrogens is 1. The summed E-state index contributed by atoms with van der Waals surface area (Å²) >= 11 is 1.64. The third-order valence-electron chi connectivity index (χ3n) is 4.08. The van der Waals surface area contributed by atoms with E-state index < -0.39 is 0 Å². The molecule has 0 amide bonds. The molecule has 2 aromatic rings. The van der Waals surface area contributed by atoms with Crippen LogP contribution in [0.25, 0.3) is 10.2 Å². The van der Waals surface area contributed by atoms with Gasteiger partial charge < -0.3 is 4.98 Å². The van der Waals surface area contributed by atoms with Crippen molar-refractivity contribution in [3.05, 3.63) is 27.6 Å². The minimum atomic E-state index is -0.00417. The van der Waals surface area contributed by atoms with Crippen molar-refractivity contribution in [2.75, 3.05) is 0 Å². The van der Waals surface area contributed by atoms with E-state index in [1.165, 1.54) is 36.9 Å². The minimum Gasteiger partial charge on any atom is -0.312 e. The van der Waals surface area contributed by atoms with Crippen LogP contribution in [-0.2, 0) is 5.41 Å². The normalized spacial score (nSPS) is 18.9. The van der Waals surface area contributed by atoms with E-state index in [0.29, 0.717) is 5.41 Å². The van der Waals surface area contributed by atoms with Crippen LogP contribution in [0.3, 0.4) is 0 Å². The summed E-state index contributed by atoms with van der Waals surface area (Å²) in [6.07, 6.45) is 7.80. The van der Waals surface area contributed by atoms with E-state index in [1.807, 2.05) is 0 Å². The molecule has 2 heterocycles. The van der Waals surface area contributed by atoms with Crippen molar-refractivity contribution >= 4 is 21.6 Å². The number of nitrogens with one attached hydrogen (secondary N) is 1. The van der Waals surface area contributed by atoms with Crippen molar-refractivity contribution in [2.24, 2.45) is 0 Å². The first-order valence-corrected chi connectivity index (χ1v) is 7.04. The molecule has 0 aromatic carbocycles. The molecule has 3 rings (SSSR count). The molecule has 0 unspecified atom stereocenters. The van der Waals surface area contributed by atoms with Gasteiger partial charge in [0.2, 0.25) is 0 Å². The van der Waals surface area contributed by atoms with E-state index in [1.54, 1.807) is 11.3 Å². The Hall–Kier alpha value is -1.16. The third kappa shape index (κ3) is 1.62. The summed E-state index contributed by atoms with van der Waals surface area (Å²) in [5, 5.41) is 0. The van der Waals surface area contributed by atoms with E-state index in [9.17, 15) is 4.79 Å². The Bertz CT molecular complexity index is 593. The van der Waals surface area contributed by atoms with E-state index >= 15 is 0 Å². The van der Waals surface area contributed by atoms with Crippen LogP contribution in [0, 0.1) is 0 Å². The summed E-state index contributed by atoms with van der Waals surface area (Å²) in [4.78, 5) is 20.0. The second-order valence-electron chi connectivity index (χ2n) is 4.90. The first-order chi connectivity index (χ1) is 8.25. The van der Waals surface area contributed by atoms with Gasteiger partial charge in [0.05, 0.1) is 11.8 Å². The topological polar surface area (TPSA) is 45.8 Å². The van der Waals surface area contributed by atoms with Gasteiger partial charge >= 0.3 is 0 Å². The van der Waals surface area contributed by atoms with Crippen molar-refractivity contribution < 1.29 is 0 Å². The number of fused-ring (bicyclic) bond motifs is 1. The number of nitrogens with zero attached hydrogens (tertiary/aromatic N) is 1. The van der Waals surface area contributed by atoms with Crippen LogP contribution >= 0.6 is 11.3 Å². The summed E-state index contributed by atoms with van der Waals surface area (Å²) in [5.41, 5.74) is 1.17. The summed E-state index contributed by atoms with van der Waals surface area (Å²) in [6.45, 7) is 2.26. The maximum atomic E-state index is 11.7. The lowest BCUT2D eigenvalue weighted by Crippen LogP contribution is -2.18. The fraction of sp³-hybridized carbons (Fsp3) is 0.538. The molecule has 1 fully saturated rings. The van der Waals surface area contributed by atoms with Crippen LogP contribution in [-0.4, -0.2) is 9.97 Å². The molecule has 17 heavy (non-hydrogen) atoms. The van der Waals surface area contributed by atoms with E-state index in [-0.39, 0.29) is 5.56 Å². The zero-order chi connectivity index (χ0) is 11.9. The molecule has 3 nitrogen and oxygen atoms in total. The van der Waals surface area contributed by atoms with Crippen molar-refractivity contribution in [1.29, 1.82) is 0 Å². The number of hydrogen-bond acceptors (Lipinski definition) is 3. The predicted octanol–water partition coefficient (Wildman–Crippen LogP) is 3.21. The van der Waals surface area contributed by atoms with Gasteiger partial charge in [0.25, 0.3) is 5.56 Å². The molecule has 0 atom stereocenters. The lowest BCUT2D eigenvalue weighted by molar-refractivity contribution is 0.434. The van der Waals surface area contributed by atoms with Gasteiger partial charge in [-0.05, 0) is 25.3 Å². The molecule has 90 valence electrons. The molecule has 1 aliphatic rings. The Kier molecular flexibility index (Phi) is 2.54. The van der Waals surface area contributed by atoms with Crippen molar-refractivity contribution in [2.45, 2.75) is 44.4 Å². The van der Waals surface area contributed by atoms with Gasteiger partial charge in [-0.2, -0.15) is 0 Å². The summed E-state index contributed by atoms with van der Waals surface area (Å²) in [7, 11) is 0. The van der Waals surface area contributed by atoms with Crippen LogP contribution in [0.15, 0.2) is 17.2 Å². The average Bonchev–Trinajstić information content (AvgIpc) is 2.96. The number of aromatic nitrogens is 2.